The van der Waals surface area contributed by atoms with Gasteiger partial charge in [-0.2, -0.15) is 5.26 Å². The Hall–Kier alpha value is -3.39. The van der Waals surface area contributed by atoms with E-state index >= 15 is 0 Å². The van der Waals surface area contributed by atoms with Crippen LogP contribution in [0.25, 0.3) is 16.7 Å². The third kappa shape index (κ3) is 2.89. The van der Waals surface area contributed by atoms with Crippen molar-refractivity contribution >= 4 is 22.5 Å². The highest BCUT2D eigenvalue weighted by molar-refractivity contribution is 5.86. The molecule has 0 atom stereocenters. The Balaban J connectivity index is 1.98. The molecule has 0 amide bonds. The molecule has 134 valence electrons. The lowest BCUT2D eigenvalue weighted by atomic mass is 10.0. The van der Waals surface area contributed by atoms with Crippen LogP contribution in [-0.2, 0) is 13.0 Å². The molecule has 3 heterocycles. The fourth-order valence-electron chi connectivity index (χ4n) is 3.62. The van der Waals surface area contributed by atoms with E-state index in [-0.39, 0.29) is 0 Å². The van der Waals surface area contributed by atoms with Gasteiger partial charge < -0.3 is 5.32 Å². The number of nitrogens with one attached hydrogen (secondary N) is 1. The molecule has 0 bridgehead atoms. The number of aromatic nitrogens is 3. The third-order valence-electron chi connectivity index (χ3n) is 4.92. The molecule has 4 rings (SSSR count). The number of benzene rings is 1. The van der Waals surface area contributed by atoms with Gasteiger partial charge in [0.15, 0.2) is 5.65 Å². The average molecular weight is 355 g/mol. The molecule has 27 heavy (non-hydrogen) atoms. The maximum atomic E-state index is 9.80. The van der Waals surface area contributed by atoms with Crippen molar-refractivity contribution in [3.05, 3.63) is 71.0 Å². The maximum Gasteiger partial charge on any atom is 0.157 e. The molecule has 0 aliphatic heterocycles. The van der Waals surface area contributed by atoms with Gasteiger partial charge >= 0.3 is 0 Å². The molecule has 1 N–H and O–H groups in total. The molecular formula is C22H21N5. The SMILES string of the molecule is CCCc1c(C)c(C#N)c2nc3ccccc3n2c1NCc1cccnc1. The molecule has 0 saturated carbocycles. The summed E-state index contributed by atoms with van der Waals surface area (Å²) in [4.78, 5) is 8.95. The molecule has 5 nitrogen and oxygen atoms in total. The number of anilines is 1. The first-order valence-corrected chi connectivity index (χ1v) is 9.20. The Morgan fingerprint density at radius 1 is 1.19 bits per heavy atom. The average Bonchev–Trinajstić information content (AvgIpc) is 3.08. The van der Waals surface area contributed by atoms with Crippen LogP contribution in [0.5, 0.6) is 0 Å². The zero-order valence-electron chi connectivity index (χ0n) is 15.5. The van der Waals surface area contributed by atoms with E-state index in [0.717, 1.165) is 40.8 Å². The van der Waals surface area contributed by atoms with Crippen molar-refractivity contribution in [2.24, 2.45) is 0 Å². The molecule has 0 spiro atoms. The molecule has 0 unspecified atom stereocenters. The van der Waals surface area contributed by atoms with Gasteiger partial charge in [0, 0.05) is 18.9 Å². The summed E-state index contributed by atoms with van der Waals surface area (Å²) in [6, 6.07) is 14.4. The smallest absolute Gasteiger partial charge is 0.157 e. The van der Waals surface area contributed by atoms with Crippen molar-refractivity contribution < 1.29 is 0 Å². The van der Waals surface area contributed by atoms with Gasteiger partial charge in [0.25, 0.3) is 0 Å². The lowest BCUT2D eigenvalue weighted by Crippen LogP contribution is -2.11. The second-order valence-corrected chi connectivity index (χ2v) is 6.66. The highest BCUT2D eigenvalue weighted by atomic mass is 15.1. The zero-order chi connectivity index (χ0) is 18.8. The maximum absolute atomic E-state index is 9.80. The molecule has 4 aromatic rings. The van der Waals surface area contributed by atoms with Crippen molar-refractivity contribution in [1.29, 1.82) is 5.26 Å². The minimum Gasteiger partial charge on any atom is -0.367 e. The second kappa shape index (κ2) is 7.08. The summed E-state index contributed by atoms with van der Waals surface area (Å²) in [7, 11) is 0. The van der Waals surface area contributed by atoms with E-state index in [9.17, 15) is 5.26 Å². The topological polar surface area (TPSA) is 66.0 Å². The molecular weight excluding hydrogens is 334 g/mol. The van der Waals surface area contributed by atoms with Gasteiger partial charge in [-0.15, -0.1) is 0 Å². The number of hydrogen-bond acceptors (Lipinski definition) is 4. The fourth-order valence-corrected chi connectivity index (χ4v) is 3.62. The van der Waals surface area contributed by atoms with Crippen LogP contribution in [0, 0.1) is 18.3 Å². The summed E-state index contributed by atoms with van der Waals surface area (Å²) in [6.07, 6.45) is 5.55. The van der Waals surface area contributed by atoms with E-state index in [1.807, 2.05) is 37.4 Å². The van der Waals surface area contributed by atoms with E-state index in [4.69, 9.17) is 4.98 Å². The summed E-state index contributed by atoms with van der Waals surface area (Å²) in [5, 5.41) is 13.4. The predicted molar refractivity (Wildman–Crippen MR) is 108 cm³/mol. The first kappa shape index (κ1) is 17.0. The third-order valence-corrected chi connectivity index (χ3v) is 4.92. The van der Waals surface area contributed by atoms with Gasteiger partial charge in [0.1, 0.15) is 11.9 Å². The van der Waals surface area contributed by atoms with Crippen molar-refractivity contribution in [2.75, 3.05) is 5.32 Å². The largest absolute Gasteiger partial charge is 0.367 e. The Morgan fingerprint density at radius 2 is 2.04 bits per heavy atom. The van der Waals surface area contributed by atoms with Crippen LogP contribution in [0.15, 0.2) is 48.8 Å². The van der Waals surface area contributed by atoms with Gasteiger partial charge in [0.2, 0.25) is 0 Å². The first-order valence-electron chi connectivity index (χ1n) is 9.20. The van der Waals surface area contributed by atoms with Crippen LogP contribution in [0.3, 0.4) is 0 Å². The van der Waals surface area contributed by atoms with E-state index in [1.165, 1.54) is 5.56 Å². The van der Waals surface area contributed by atoms with Crippen molar-refractivity contribution in [3.8, 4) is 6.07 Å². The van der Waals surface area contributed by atoms with Crippen molar-refractivity contribution in [3.63, 3.8) is 0 Å². The van der Waals surface area contributed by atoms with Crippen LogP contribution >= 0.6 is 0 Å². The number of para-hydroxylation sites is 2. The van der Waals surface area contributed by atoms with Crippen LogP contribution < -0.4 is 5.32 Å². The summed E-state index contributed by atoms with van der Waals surface area (Å²) in [5.41, 5.74) is 6.57. The van der Waals surface area contributed by atoms with Gasteiger partial charge in [0.05, 0.1) is 16.6 Å². The molecule has 0 aliphatic rings. The number of fused-ring (bicyclic) bond motifs is 3. The molecule has 0 fully saturated rings. The lowest BCUT2D eigenvalue weighted by molar-refractivity contribution is 0.895. The van der Waals surface area contributed by atoms with Gasteiger partial charge in [-0.05, 0) is 48.2 Å². The van der Waals surface area contributed by atoms with Crippen molar-refractivity contribution in [2.45, 2.75) is 33.2 Å². The predicted octanol–water partition coefficient (Wildman–Crippen LogP) is 4.63. The Bertz CT molecular complexity index is 1150. The van der Waals surface area contributed by atoms with E-state index < -0.39 is 0 Å². The number of hydrogen-bond donors (Lipinski definition) is 1. The van der Waals surface area contributed by atoms with Gasteiger partial charge in [-0.1, -0.05) is 31.5 Å². The Kier molecular flexibility index (Phi) is 4.47. The van der Waals surface area contributed by atoms with Crippen LogP contribution in [0.2, 0.25) is 0 Å². The number of rotatable bonds is 5. The highest BCUT2D eigenvalue weighted by Crippen LogP contribution is 2.32. The van der Waals surface area contributed by atoms with Crippen LogP contribution in [0.1, 0.15) is 35.6 Å². The number of nitriles is 1. The first-order chi connectivity index (χ1) is 13.2. The van der Waals surface area contributed by atoms with Crippen LogP contribution in [-0.4, -0.2) is 14.4 Å². The molecule has 0 radical (unpaired) electrons. The number of pyridine rings is 2. The summed E-state index contributed by atoms with van der Waals surface area (Å²) in [6.45, 7) is 4.85. The minimum atomic E-state index is 0.654. The summed E-state index contributed by atoms with van der Waals surface area (Å²) >= 11 is 0. The summed E-state index contributed by atoms with van der Waals surface area (Å²) < 4.78 is 2.10. The van der Waals surface area contributed by atoms with Crippen LogP contribution in [0.4, 0.5) is 5.82 Å². The van der Waals surface area contributed by atoms with Gasteiger partial charge in [-0.25, -0.2) is 4.98 Å². The summed E-state index contributed by atoms with van der Waals surface area (Å²) in [5.74, 6) is 1.01. The molecule has 0 aliphatic carbocycles. The van der Waals surface area contributed by atoms with Crippen molar-refractivity contribution in [1.82, 2.24) is 14.4 Å². The number of nitrogens with zero attached hydrogens (tertiary/aromatic N) is 4. The normalized spacial score (nSPS) is 11.0. The quantitative estimate of drug-likeness (QED) is 0.567. The number of imidazole rings is 1. The standard InChI is InChI=1S/C22H21N5/c1-3-7-17-15(2)18(12-23)22-26-19-9-4-5-10-20(19)27(22)21(17)25-14-16-8-6-11-24-13-16/h4-6,8-11,13,25H,3,7,14H2,1-2H3. The highest BCUT2D eigenvalue weighted by Gasteiger charge is 2.20. The Morgan fingerprint density at radius 3 is 2.78 bits per heavy atom. The molecule has 5 heteroatoms. The van der Waals surface area contributed by atoms with E-state index in [1.54, 1.807) is 6.20 Å². The Labute approximate surface area is 158 Å². The van der Waals surface area contributed by atoms with Gasteiger partial charge in [-0.3, -0.25) is 9.38 Å². The minimum absolute atomic E-state index is 0.654. The lowest BCUT2D eigenvalue weighted by Gasteiger charge is -2.18. The fraction of sp³-hybridized carbons (Fsp3) is 0.227. The molecule has 1 aromatic carbocycles. The molecule has 0 saturated heterocycles. The van der Waals surface area contributed by atoms with E-state index in [2.05, 4.69) is 39.8 Å². The second-order valence-electron chi connectivity index (χ2n) is 6.66. The molecule has 3 aromatic heterocycles. The zero-order valence-corrected chi connectivity index (χ0v) is 15.5. The van der Waals surface area contributed by atoms with E-state index in [0.29, 0.717) is 17.8 Å². The monoisotopic (exact) mass is 355 g/mol.